The SMILES string of the molecule is O=C1S/C(=C/c2ccc(OCc3ccccc3)cc2)C(=O)N1CN1CCN(c2ccc(F)cc2)CC1. The van der Waals surface area contributed by atoms with Crippen LogP contribution in [0, 0.1) is 5.82 Å². The van der Waals surface area contributed by atoms with Gasteiger partial charge in [0.15, 0.2) is 0 Å². The largest absolute Gasteiger partial charge is 0.489 e. The highest BCUT2D eigenvalue weighted by Crippen LogP contribution is 2.33. The Morgan fingerprint density at radius 1 is 0.861 bits per heavy atom. The number of rotatable bonds is 7. The molecule has 0 saturated carbocycles. The number of nitrogens with zero attached hydrogens (tertiary/aromatic N) is 3. The predicted octanol–water partition coefficient (Wildman–Crippen LogP) is 5.22. The monoisotopic (exact) mass is 503 g/mol. The van der Waals surface area contributed by atoms with E-state index < -0.39 is 0 Å². The van der Waals surface area contributed by atoms with Crippen LogP contribution in [0.25, 0.3) is 6.08 Å². The molecular weight excluding hydrogens is 477 g/mol. The van der Waals surface area contributed by atoms with E-state index in [1.807, 2.05) is 54.6 Å². The summed E-state index contributed by atoms with van der Waals surface area (Å²) in [6.45, 7) is 3.67. The minimum absolute atomic E-state index is 0.253. The average Bonchev–Trinajstić information content (AvgIpc) is 3.17. The summed E-state index contributed by atoms with van der Waals surface area (Å²) in [6, 6.07) is 23.9. The number of carbonyl (C=O) groups excluding carboxylic acids is 2. The molecule has 5 rings (SSSR count). The van der Waals surface area contributed by atoms with Crippen LogP contribution in [0.5, 0.6) is 5.75 Å². The van der Waals surface area contributed by atoms with E-state index in [2.05, 4.69) is 9.80 Å². The second-order valence-electron chi connectivity index (χ2n) is 8.68. The molecule has 0 radical (unpaired) electrons. The molecule has 2 aliphatic rings. The molecule has 6 nitrogen and oxygen atoms in total. The van der Waals surface area contributed by atoms with Crippen LogP contribution in [0.4, 0.5) is 14.9 Å². The molecule has 0 bridgehead atoms. The van der Waals surface area contributed by atoms with E-state index in [1.165, 1.54) is 17.0 Å². The van der Waals surface area contributed by atoms with Gasteiger partial charge in [-0.2, -0.15) is 0 Å². The summed E-state index contributed by atoms with van der Waals surface area (Å²) >= 11 is 0.970. The Hall–Kier alpha value is -3.62. The van der Waals surface area contributed by atoms with Gasteiger partial charge in [-0.15, -0.1) is 0 Å². The zero-order valence-corrected chi connectivity index (χ0v) is 20.5. The Balaban J connectivity index is 1.15. The first-order valence-corrected chi connectivity index (χ1v) is 12.6. The molecule has 0 unspecified atom stereocenters. The molecule has 0 aromatic heterocycles. The van der Waals surface area contributed by atoms with Crippen molar-refractivity contribution in [3.8, 4) is 5.75 Å². The molecule has 2 amide bonds. The first kappa shape index (κ1) is 24.1. The number of benzene rings is 3. The van der Waals surface area contributed by atoms with Gasteiger partial charge >= 0.3 is 0 Å². The van der Waals surface area contributed by atoms with Gasteiger partial charge in [0.05, 0.1) is 11.6 Å². The Labute approximate surface area is 213 Å². The van der Waals surface area contributed by atoms with Crippen LogP contribution in [-0.4, -0.2) is 53.8 Å². The van der Waals surface area contributed by atoms with Crippen LogP contribution in [0.1, 0.15) is 11.1 Å². The van der Waals surface area contributed by atoms with Crippen molar-refractivity contribution in [2.45, 2.75) is 6.61 Å². The van der Waals surface area contributed by atoms with Gasteiger partial charge in [0, 0.05) is 31.9 Å². The molecule has 0 aliphatic carbocycles. The summed E-state index contributed by atoms with van der Waals surface area (Å²) in [5.74, 6) is 0.219. The Morgan fingerprint density at radius 2 is 1.56 bits per heavy atom. The van der Waals surface area contributed by atoms with E-state index in [0.717, 1.165) is 47.4 Å². The predicted molar refractivity (Wildman–Crippen MR) is 140 cm³/mol. The Bertz CT molecular complexity index is 1240. The number of anilines is 1. The molecule has 0 N–H and O–H groups in total. The molecule has 3 aromatic rings. The minimum Gasteiger partial charge on any atom is -0.489 e. The average molecular weight is 504 g/mol. The number of ether oxygens (including phenoxy) is 1. The Kier molecular flexibility index (Phi) is 7.34. The van der Waals surface area contributed by atoms with E-state index in [1.54, 1.807) is 18.2 Å². The third-order valence-electron chi connectivity index (χ3n) is 6.21. The van der Waals surface area contributed by atoms with Gasteiger partial charge in [-0.05, 0) is 65.4 Å². The number of halogens is 1. The van der Waals surface area contributed by atoms with Crippen LogP contribution in [0.2, 0.25) is 0 Å². The normalized spacial score (nSPS) is 17.8. The fourth-order valence-electron chi connectivity index (χ4n) is 4.17. The number of amides is 2. The van der Waals surface area contributed by atoms with Crippen LogP contribution in [0.3, 0.4) is 0 Å². The van der Waals surface area contributed by atoms with Gasteiger partial charge in [0.2, 0.25) is 0 Å². The quantitative estimate of drug-likeness (QED) is 0.412. The lowest BCUT2D eigenvalue weighted by atomic mass is 10.2. The molecule has 36 heavy (non-hydrogen) atoms. The number of thioether (sulfide) groups is 1. The number of piperazine rings is 1. The van der Waals surface area contributed by atoms with E-state index in [4.69, 9.17) is 4.74 Å². The molecule has 2 fully saturated rings. The Morgan fingerprint density at radius 3 is 2.25 bits per heavy atom. The zero-order chi connectivity index (χ0) is 24.9. The maximum Gasteiger partial charge on any atom is 0.294 e. The maximum atomic E-state index is 13.2. The third kappa shape index (κ3) is 5.78. The fourth-order valence-corrected chi connectivity index (χ4v) is 5.01. The molecule has 0 spiro atoms. The standard InChI is InChI=1S/C28H26FN3O3S/c29-23-8-10-24(11-9-23)31-16-14-30(15-17-31)20-32-27(33)26(36-28(32)34)18-21-6-12-25(13-7-21)35-19-22-4-2-1-3-5-22/h1-13,18H,14-17,19-20H2/b26-18+. The molecule has 2 aliphatic heterocycles. The summed E-state index contributed by atoms with van der Waals surface area (Å²) in [5, 5.41) is -0.255. The van der Waals surface area contributed by atoms with Gasteiger partial charge in [-0.1, -0.05) is 42.5 Å². The molecule has 3 aromatic carbocycles. The summed E-state index contributed by atoms with van der Waals surface area (Å²) in [5.41, 5.74) is 2.90. The highest BCUT2D eigenvalue weighted by molar-refractivity contribution is 8.18. The van der Waals surface area contributed by atoms with Crippen molar-refractivity contribution in [3.05, 3.63) is 101 Å². The van der Waals surface area contributed by atoms with Crippen molar-refractivity contribution in [2.24, 2.45) is 0 Å². The smallest absolute Gasteiger partial charge is 0.294 e. The summed E-state index contributed by atoms with van der Waals surface area (Å²) in [7, 11) is 0. The molecule has 2 heterocycles. The number of hydrogen-bond acceptors (Lipinski definition) is 6. The second kappa shape index (κ2) is 11.0. The van der Waals surface area contributed by atoms with Crippen LogP contribution in [0.15, 0.2) is 83.8 Å². The third-order valence-corrected chi connectivity index (χ3v) is 7.11. The summed E-state index contributed by atoms with van der Waals surface area (Å²) < 4.78 is 19.0. The van der Waals surface area contributed by atoms with Crippen LogP contribution in [-0.2, 0) is 11.4 Å². The molecule has 184 valence electrons. The van der Waals surface area contributed by atoms with Crippen LogP contribution < -0.4 is 9.64 Å². The first-order valence-electron chi connectivity index (χ1n) is 11.8. The van der Waals surface area contributed by atoms with Gasteiger partial charge in [-0.3, -0.25) is 19.4 Å². The van der Waals surface area contributed by atoms with Gasteiger partial charge < -0.3 is 9.64 Å². The lowest BCUT2D eigenvalue weighted by Crippen LogP contribution is -2.50. The van der Waals surface area contributed by atoms with Crippen molar-refractivity contribution >= 4 is 34.7 Å². The number of carbonyl (C=O) groups is 2. The van der Waals surface area contributed by atoms with Gasteiger partial charge in [0.1, 0.15) is 18.2 Å². The maximum absolute atomic E-state index is 13.2. The lowest BCUT2D eigenvalue weighted by molar-refractivity contribution is -0.124. The van der Waals surface area contributed by atoms with Crippen molar-refractivity contribution in [1.29, 1.82) is 0 Å². The molecular formula is C28H26FN3O3S. The number of hydrogen-bond donors (Lipinski definition) is 0. The van der Waals surface area contributed by atoms with E-state index in [-0.39, 0.29) is 23.6 Å². The van der Waals surface area contributed by atoms with E-state index in [9.17, 15) is 14.0 Å². The molecule has 8 heteroatoms. The fraction of sp³-hybridized carbons (Fsp3) is 0.214. The van der Waals surface area contributed by atoms with Gasteiger partial charge in [-0.25, -0.2) is 4.39 Å². The summed E-state index contributed by atoms with van der Waals surface area (Å²) in [6.07, 6.45) is 1.75. The topological polar surface area (TPSA) is 53.1 Å². The van der Waals surface area contributed by atoms with Crippen molar-refractivity contribution in [1.82, 2.24) is 9.80 Å². The first-order chi connectivity index (χ1) is 17.5. The second-order valence-corrected chi connectivity index (χ2v) is 9.67. The lowest BCUT2D eigenvalue weighted by Gasteiger charge is -2.37. The van der Waals surface area contributed by atoms with E-state index >= 15 is 0 Å². The molecule has 0 atom stereocenters. The number of imide groups is 1. The van der Waals surface area contributed by atoms with Crippen molar-refractivity contribution in [3.63, 3.8) is 0 Å². The highest BCUT2D eigenvalue weighted by Gasteiger charge is 2.36. The van der Waals surface area contributed by atoms with Gasteiger partial charge in [0.25, 0.3) is 11.1 Å². The van der Waals surface area contributed by atoms with Crippen molar-refractivity contribution in [2.75, 3.05) is 37.7 Å². The van der Waals surface area contributed by atoms with E-state index in [0.29, 0.717) is 24.6 Å². The zero-order valence-electron chi connectivity index (χ0n) is 19.7. The summed E-state index contributed by atoms with van der Waals surface area (Å²) in [4.78, 5) is 31.5. The minimum atomic E-state index is -0.268. The highest BCUT2D eigenvalue weighted by atomic mass is 32.2. The van der Waals surface area contributed by atoms with Crippen LogP contribution >= 0.6 is 11.8 Å². The molecule has 2 saturated heterocycles. The van der Waals surface area contributed by atoms with Crippen molar-refractivity contribution < 1.29 is 18.7 Å².